The van der Waals surface area contributed by atoms with Crippen LogP contribution in [0.2, 0.25) is 0 Å². The van der Waals surface area contributed by atoms with Gasteiger partial charge in [-0.05, 0) is 38.5 Å². The van der Waals surface area contributed by atoms with Gasteiger partial charge in [-0.3, -0.25) is 4.79 Å². The van der Waals surface area contributed by atoms with E-state index in [4.69, 9.17) is 14.6 Å². The highest BCUT2D eigenvalue weighted by molar-refractivity contribution is 5.77. The Hall–Kier alpha value is -1.79. The maximum absolute atomic E-state index is 12.0. The van der Waals surface area contributed by atoms with E-state index in [1.54, 1.807) is 4.90 Å². The fourth-order valence-corrected chi connectivity index (χ4v) is 2.17. The van der Waals surface area contributed by atoms with Crippen LogP contribution in [0.25, 0.3) is 0 Å². The van der Waals surface area contributed by atoms with Crippen LogP contribution in [0.1, 0.15) is 26.3 Å². The second-order valence-corrected chi connectivity index (χ2v) is 4.97. The number of benzene rings is 1. The van der Waals surface area contributed by atoms with Gasteiger partial charge in [0.05, 0.1) is 13.2 Å². The first-order chi connectivity index (χ1) is 11.2. The van der Waals surface area contributed by atoms with Crippen molar-refractivity contribution in [2.45, 2.75) is 27.3 Å². The van der Waals surface area contributed by atoms with E-state index in [9.17, 15) is 4.79 Å². The van der Waals surface area contributed by atoms with Crippen LogP contribution in [0.5, 0.6) is 11.5 Å². The van der Waals surface area contributed by atoms with Crippen molar-refractivity contribution in [2.24, 2.45) is 0 Å². The number of nitrogens with one attached hydrogen (secondary N) is 1. The predicted octanol–water partition coefficient (Wildman–Crippen LogP) is 1.41. The summed E-state index contributed by atoms with van der Waals surface area (Å²) in [7, 11) is 0. The third kappa shape index (κ3) is 6.46. The molecule has 0 saturated carbocycles. The third-order valence-corrected chi connectivity index (χ3v) is 3.39. The first-order valence-corrected chi connectivity index (χ1v) is 8.14. The number of carbonyl (C=O) groups is 1. The molecular weight excluding hydrogens is 296 g/mol. The molecule has 6 heteroatoms. The Morgan fingerprint density at radius 3 is 2.52 bits per heavy atom. The topological polar surface area (TPSA) is 71.0 Å². The second kappa shape index (κ2) is 10.9. The smallest absolute Gasteiger partial charge is 0.260 e. The SMILES string of the molecule is CCOc1cc(CNCCO)ccc1OCC(=O)N(CC)CC. The van der Waals surface area contributed by atoms with Gasteiger partial charge in [0.1, 0.15) is 0 Å². The van der Waals surface area contributed by atoms with Crippen molar-refractivity contribution in [1.82, 2.24) is 10.2 Å². The van der Waals surface area contributed by atoms with Gasteiger partial charge in [0, 0.05) is 26.2 Å². The number of carbonyl (C=O) groups excluding carboxylic acids is 1. The summed E-state index contributed by atoms with van der Waals surface area (Å²) in [5, 5.41) is 11.9. The molecule has 23 heavy (non-hydrogen) atoms. The molecule has 1 aromatic rings. The summed E-state index contributed by atoms with van der Waals surface area (Å²) >= 11 is 0. The van der Waals surface area contributed by atoms with Gasteiger partial charge < -0.3 is 24.8 Å². The van der Waals surface area contributed by atoms with E-state index in [0.29, 0.717) is 44.3 Å². The van der Waals surface area contributed by atoms with Gasteiger partial charge >= 0.3 is 0 Å². The van der Waals surface area contributed by atoms with E-state index >= 15 is 0 Å². The zero-order valence-corrected chi connectivity index (χ0v) is 14.3. The molecule has 1 rings (SSSR count). The van der Waals surface area contributed by atoms with Gasteiger partial charge in [0.15, 0.2) is 18.1 Å². The molecule has 0 unspecified atom stereocenters. The number of hydrogen-bond acceptors (Lipinski definition) is 5. The van der Waals surface area contributed by atoms with Crippen LogP contribution in [0, 0.1) is 0 Å². The van der Waals surface area contributed by atoms with Crippen molar-refractivity contribution < 1.29 is 19.4 Å². The lowest BCUT2D eigenvalue weighted by molar-refractivity contribution is -0.132. The summed E-state index contributed by atoms with van der Waals surface area (Å²) in [6.07, 6.45) is 0. The van der Waals surface area contributed by atoms with Crippen LogP contribution in [0.3, 0.4) is 0 Å². The maximum Gasteiger partial charge on any atom is 0.260 e. The monoisotopic (exact) mass is 324 g/mol. The lowest BCUT2D eigenvalue weighted by Gasteiger charge is -2.19. The molecule has 0 saturated heterocycles. The molecule has 0 radical (unpaired) electrons. The third-order valence-electron chi connectivity index (χ3n) is 3.39. The quantitative estimate of drug-likeness (QED) is 0.602. The summed E-state index contributed by atoms with van der Waals surface area (Å²) in [6.45, 7) is 8.95. The van der Waals surface area contributed by atoms with Crippen molar-refractivity contribution in [1.29, 1.82) is 0 Å². The Morgan fingerprint density at radius 2 is 1.91 bits per heavy atom. The van der Waals surface area contributed by atoms with Crippen molar-refractivity contribution in [3.8, 4) is 11.5 Å². The number of amides is 1. The van der Waals surface area contributed by atoms with Gasteiger partial charge in [0.25, 0.3) is 5.91 Å². The average molecular weight is 324 g/mol. The number of likely N-dealkylation sites (N-methyl/N-ethyl adjacent to an activating group) is 1. The minimum Gasteiger partial charge on any atom is -0.490 e. The Kier molecular flexibility index (Phi) is 9.09. The van der Waals surface area contributed by atoms with E-state index in [-0.39, 0.29) is 19.1 Å². The Labute approximate surface area is 138 Å². The zero-order valence-electron chi connectivity index (χ0n) is 14.3. The van der Waals surface area contributed by atoms with Crippen LogP contribution >= 0.6 is 0 Å². The minimum absolute atomic E-state index is 0.00383. The fraction of sp³-hybridized carbons (Fsp3) is 0.588. The Bertz CT molecular complexity index is 476. The zero-order chi connectivity index (χ0) is 17.1. The van der Waals surface area contributed by atoms with Crippen LogP contribution in [-0.4, -0.2) is 55.4 Å². The number of nitrogens with zero attached hydrogens (tertiary/aromatic N) is 1. The highest BCUT2D eigenvalue weighted by Crippen LogP contribution is 2.28. The molecule has 0 aliphatic carbocycles. The molecule has 1 amide bonds. The predicted molar refractivity (Wildman–Crippen MR) is 89.8 cm³/mol. The molecule has 0 aliphatic rings. The van der Waals surface area contributed by atoms with E-state index in [2.05, 4.69) is 5.32 Å². The maximum atomic E-state index is 12.0. The molecule has 0 heterocycles. The van der Waals surface area contributed by atoms with Crippen molar-refractivity contribution in [3.63, 3.8) is 0 Å². The van der Waals surface area contributed by atoms with Gasteiger partial charge in [0.2, 0.25) is 0 Å². The largest absolute Gasteiger partial charge is 0.490 e. The van der Waals surface area contributed by atoms with Crippen LogP contribution in [0.15, 0.2) is 18.2 Å². The lowest BCUT2D eigenvalue weighted by Crippen LogP contribution is -2.34. The molecule has 0 bridgehead atoms. The van der Waals surface area contributed by atoms with Crippen molar-refractivity contribution >= 4 is 5.91 Å². The molecule has 0 fully saturated rings. The molecule has 1 aromatic carbocycles. The normalized spacial score (nSPS) is 10.4. The molecule has 130 valence electrons. The first-order valence-electron chi connectivity index (χ1n) is 8.14. The van der Waals surface area contributed by atoms with Gasteiger partial charge in [-0.2, -0.15) is 0 Å². The minimum atomic E-state index is -0.0360. The van der Waals surface area contributed by atoms with Gasteiger partial charge in [-0.15, -0.1) is 0 Å². The summed E-state index contributed by atoms with van der Waals surface area (Å²) < 4.78 is 11.2. The highest BCUT2D eigenvalue weighted by Gasteiger charge is 2.13. The number of aliphatic hydroxyl groups is 1. The Morgan fingerprint density at radius 1 is 1.17 bits per heavy atom. The van der Waals surface area contributed by atoms with Crippen LogP contribution in [0.4, 0.5) is 0 Å². The summed E-state index contributed by atoms with van der Waals surface area (Å²) in [4.78, 5) is 13.7. The Balaban J connectivity index is 2.71. The van der Waals surface area contributed by atoms with Crippen LogP contribution in [-0.2, 0) is 11.3 Å². The second-order valence-electron chi connectivity index (χ2n) is 4.97. The molecular formula is C17H28N2O4. The van der Waals surface area contributed by atoms with Gasteiger partial charge in [-0.25, -0.2) is 0 Å². The van der Waals surface area contributed by atoms with E-state index in [1.165, 1.54) is 0 Å². The van der Waals surface area contributed by atoms with E-state index in [1.807, 2.05) is 39.0 Å². The summed E-state index contributed by atoms with van der Waals surface area (Å²) in [5.41, 5.74) is 1.03. The van der Waals surface area contributed by atoms with Crippen molar-refractivity contribution in [2.75, 3.05) is 39.5 Å². The van der Waals surface area contributed by atoms with Gasteiger partial charge in [-0.1, -0.05) is 6.07 Å². The standard InChI is InChI=1S/C17H28N2O4/c1-4-19(5-2)17(21)13-23-15-8-7-14(12-18-9-10-20)11-16(15)22-6-3/h7-8,11,18,20H,4-6,9-10,12-13H2,1-3H3. The van der Waals surface area contributed by atoms with Crippen molar-refractivity contribution in [3.05, 3.63) is 23.8 Å². The number of rotatable bonds is 11. The number of aliphatic hydroxyl groups excluding tert-OH is 1. The summed E-state index contributed by atoms with van der Waals surface area (Å²) in [6, 6.07) is 5.63. The molecule has 6 nitrogen and oxygen atoms in total. The molecule has 0 aliphatic heterocycles. The van der Waals surface area contributed by atoms with E-state index < -0.39 is 0 Å². The molecule has 0 spiro atoms. The number of ether oxygens (including phenoxy) is 2. The fourth-order valence-electron chi connectivity index (χ4n) is 2.17. The van der Waals surface area contributed by atoms with E-state index in [0.717, 1.165) is 5.56 Å². The number of hydrogen-bond donors (Lipinski definition) is 2. The van der Waals surface area contributed by atoms with Crippen LogP contribution < -0.4 is 14.8 Å². The average Bonchev–Trinajstić information content (AvgIpc) is 2.56. The molecule has 0 aromatic heterocycles. The molecule has 0 atom stereocenters. The lowest BCUT2D eigenvalue weighted by atomic mass is 10.2. The highest BCUT2D eigenvalue weighted by atomic mass is 16.5. The first kappa shape index (κ1) is 19.3. The summed E-state index contributed by atoms with van der Waals surface area (Å²) in [5.74, 6) is 1.16. The molecule has 2 N–H and O–H groups in total.